The van der Waals surface area contributed by atoms with Crippen LogP contribution in [0.3, 0.4) is 0 Å². The first kappa shape index (κ1) is 42.7. The first-order chi connectivity index (χ1) is 21.0. The summed E-state index contributed by atoms with van der Waals surface area (Å²) < 4.78 is 23.0. The number of aliphatic hydroxyl groups excluding tert-OH is 1. The van der Waals surface area contributed by atoms with Crippen LogP contribution in [0.2, 0.25) is 0 Å². The van der Waals surface area contributed by atoms with Gasteiger partial charge in [0.15, 0.2) is 0 Å². The van der Waals surface area contributed by atoms with Gasteiger partial charge in [-0.3, -0.25) is 9.36 Å². The number of hydrogen-bond acceptors (Lipinski definition) is 6. The summed E-state index contributed by atoms with van der Waals surface area (Å²) in [6.07, 6.45) is 30.5. The second-order valence-electron chi connectivity index (χ2n) is 12.9. The maximum Gasteiger partial charge on any atom is 0.268 e. The molecule has 0 aliphatic carbocycles. The zero-order chi connectivity index (χ0) is 32.9. The van der Waals surface area contributed by atoms with Gasteiger partial charge < -0.3 is 28.8 Å². The molecule has 0 saturated heterocycles. The van der Waals surface area contributed by atoms with E-state index in [1.165, 1.54) is 57.8 Å². The molecule has 3 unspecified atom stereocenters. The number of rotatable bonds is 30. The SMILES string of the molecule is CCCCC/C=C/CC/C=C/CC/C=C/C(O)C(COP(=O)([O-])OCC[N+](C)(C)C)NC(=O)CCCCCCCCCCC. The van der Waals surface area contributed by atoms with E-state index in [2.05, 4.69) is 43.5 Å². The number of likely N-dealkylation sites (N-methyl/N-ethyl adjacent to an activating group) is 1. The van der Waals surface area contributed by atoms with Crippen LogP contribution in [0.5, 0.6) is 0 Å². The van der Waals surface area contributed by atoms with E-state index in [0.717, 1.165) is 51.4 Å². The molecule has 3 atom stereocenters. The fourth-order valence-corrected chi connectivity index (χ4v) is 5.20. The molecule has 0 fully saturated rings. The van der Waals surface area contributed by atoms with Gasteiger partial charge in [-0.05, 0) is 44.9 Å². The summed E-state index contributed by atoms with van der Waals surface area (Å²) in [5.74, 6) is -0.219. The molecule has 0 aromatic heterocycles. The van der Waals surface area contributed by atoms with E-state index >= 15 is 0 Å². The second kappa shape index (κ2) is 28.0. The number of nitrogens with one attached hydrogen (secondary N) is 1. The van der Waals surface area contributed by atoms with E-state index in [-0.39, 0.29) is 12.5 Å². The number of unbranched alkanes of at least 4 members (excludes halogenated alkanes) is 13. The molecule has 1 amide bonds. The van der Waals surface area contributed by atoms with Crippen molar-refractivity contribution in [2.24, 2.45) is 0 Å². The molecule has 8 nitrogen and oxygen atoms in total. The topological polar surface area (TPSA) is 108 Å². The Morgan fingerprint density at radius 3 is 1.84 bits per heavy atom. The first-order valence-electron chi connectivity index (χ1n) is 17.4. The average Bonchev–Trinajstić information content (AvgIpc) is 2.95. The molecule has 0 bridgehead atoms. The average molecular weight is 643 g/mol. The maximum absolute atomic E-state index is 12.7. The normalized spacial score (nSPS) is 15.3. The highest BCUT2D eigenvalue weighted by Gasteiger charge is 2.23. The first-order valence-corrected chi connectivity index (χ1v) is 18.8. The molecule has 44 heavy (non-hydrogen) atoms. The van der Waals surface area contributed by atoms with Crippen LogP contribution >= 0.6 is 7.82 Å². The predicted molar refractivity (Wildman–Crippen MR) is 182 cm³/mol. The number of quaternary nitrogens is 1. The van der Waals surface area contributed by atoms with Gasteiger partial charge in [0.1, 0.15) is 13.2 Å². The van der Waals surface area contributed by atoms with Crippen LogP contribution in [0, 0.1) is 0 Å². The third-order valence-electron chi connectivity index (χ3n) is 7.33. The molecule has 9 heteroatoms. The zero-order valence-corrected chi connectivity index (χ0v) is 29.7. The number of nitrogens with zero attached hydrogens (tertiary/aromatic N) is 1. The monoisotopic (exact) mass is 642 g/mol. The van der Waals surface area contributed by atoms with Gasteiger partial charge in [-0.2, -0.15) is 0 Å². The lowest BCUT2D eigenvalue weighted by Crippen LogP contribution is -2.45. The van der Waals surface area contributed by atoms with Gasteiger partial charge in [0.25, 0.3) is 7.82 Å². The molecule has 0 saturated carbocycles. The fraction of sp³-hybridized carbons (Fsp3) is 0.800. The number of phosphoric acid groups is 1. The standard InChI is InChI=1S/C35H67N2O6P/c1-6-8-10-12-14-16-17-18-19-21-22-24-26-28-34(38)33(32-43-44(40,41)42-31-30-37(3,4)5)36-35(39)29-27-25-23-20-15-13-11-9-7-2/h14,16,19,21,26,28,33-34,38H,6-13,15,17-18,20,22-25,27,29-32H2,1-5H3,(H-,36,39,40,41)/b16-14+,21-19+,28-26+. The third-order valence-corrected chi connectivity index (χ3v) is 8.29. The van der Waals surface area contributed by atoms with Crippen LogP contribution in [0.4, 0.5) is 0 Å². The van der Waals surface area contributed by atoms with E-state index in [1.54, 1.807) is 6.08 Å². The van der Waals surface area contributed by atoms with Crippen LogP contribution in [0.1, 0.15) is 129 Å². The molecule has 2 N–H and O–H groups in total. The van der Waals surface area contributed by atoms with Crippen LogP contribution in [0.25, 0.3) is 0 Å². The van der Waals surface area contributed by atoms with Crippen LogP contribution in [-0.4, -0.2) is 68.5 Å². The van der Waals surface area contributed by atoms with Crippen LogP contribution < -0.4 is 10.2 Å². The summed E-state index contributed by atoms with van der Waals surface area (Å²) in [6.45, 7) is 4.52. The van der Waals surface area contributed by atoms with Crippen molar-refractivity contribution in [2.75, 3.05) is 40.9 Å². The minimum Gasteiger partial charge on any atom is -0.756 e. The number of amides is 1. The Hall–Kier alpha value is -1.28. The minimum absolute atomic E-state index is 0.00880. The van der Waals surface area contributed by atoms with E-state index < -0.39 is 26.6 Å². The van der Waals surface area contributed by atoms with Gasteiger partial charge in [-0.1, -0.05) is 115 Å². The van der Waals surface area contributed by atoms with Gasteiger partial charge in [0.05, 0.1) is 39.9 Å². The summed E-state index contributed by atoms with van der Waals surface area (Å²) >= 11 is 0. The summed E-state index contributed by atoms with van der Waals surface area (Å²) in [4.78, 5) is 25.0. The van der Waals surface area contributed by atoms with Gasteiger partial charge in [-0.15, -0.1) is 0 Å². The Balaban J connectivity index is 4.70. The number of aliphatic hydroxyl groups is 1. The summed E-state index contributed by atoms with van der Waals surface area (Å²) in [7, 11) is 1.23. The maximum atomic E-state index is 12.7. The number of carbonyl (C=O) groups excluding carboxylic acids is 1. The van der Waals surface area contributed by atoms with Crippen LogP contribution in [0.15, 0.2) is 36.5 Å². The quantitative estimate of drug-likeness (QED) is 0.0359. The lowest BCUT2D eigenvalue weighted by Gasteiger charge is -2.29. The van der Waals surface area contributed by atoms with E-state index in [9.17, 15) is 19.4 Å². The van der Waals surface area contributed by atoms with Crippen LogP contribution in [-0.2, 0) is 18.4 Å². The van der Waals surface area contributed by atoms with E-state index in [0.29, 0.717) is 17.4 Å². The minimum atomic E-state index is -4.58. The van der Waals surface area contributed by atoms with Crippen molar-refractivity contribution >= 4 is 13.7 Å². The van der Waals surface area contributed by atoms with Gasteiger partial charge >= 0.3 is 0 Å². The number of carbonyl (C=O) groups is 1. The largest absolute Gasteiger partial charge is 0.756 e. The highest BCUT2D eigenvalue weighted by Crippen LogP contribution is 2.38. The van der Waals surface area contributed by atoms with Crippen molar-refractivity contribution in [3.63, 3.8) is 0 Å². The number of hydrogen-bond donors (Lipinski definition) is 2. The van der Waals surface area contributed by atoms with Crippen molar-refractivity contribution in [2.45, 2.75) is 142 Å². The number of phosphoric ester groups is 1. The second-order valence-corrected chi connectivity index (χ2v) is 14.3. The zero-order valence-electron chi connectivity index (χ0n) is 28.9. The lowest BCUT2D eigenvalue weighted by molar-refractivity contribution is -0.870. The van der Waals surface area contributed by atoms with E-state index in [4.69, 9.17) is 9.05 Å². The summed E-state index contributed by atoms with van der Waals surface area (Å²) in [6, 6.07) is -0.902. The molecule has 258 valence electrons. The number of allylic oxidation sites excluding steroid dienone is 5. The van der Waals surface area contributed by atoms with Crippen molar-refractivity contribution in [3.8, 4) is 0 Å². The molecule has 0 radical (unpaired) electrons. The molecule has 0 heterocycles. The predicted octanol–water partition coefficient (Wildman–Crippen LogP) is 7.77. The molecule has 0 aliphatic rings. The Labute approximate surface area is 270 Å². The van der Waals surface area contributed by atoms with Crippen molar-refractivity contribution in [1.29, 1.82) is 0 Å². The molecule has 0 aromatic rings. The molecular formula is C35H67N2O6P. The van der Waals surface area contributed by atoms with E-state index in [1.807, 2.05) is 27.2 Å². The lowest BCUT2D eigenvalue weighted by atomic mass is 10.1. The Morgan fingerprint density at radius 1 is 0.773 bits per heavy atom. The molecule has 0 spiro atoms. The Morgan fingerprint density at radius 2 is 1.27 bits per heavy atom. The van der Waals surface area contributed by atoms with Crippen molar-refractivity contribution in [1.82, 2.24) is 5.32 Å². The van der Waals surface area contributed by atoms with Gasteiger partial charge in [-0.25, -0.2) is 0 Å². The molecule has 0 aliphatic heterocycles. The highest BCUT2D eigenvalue weighted by molar-refractivity contribution is 7.45. The van der Waals surface area contributed by atoms with Crippen molar-refractivity contribution in [3.05, 3.63) is 36.5 Å². The summed E-state index contributed by atoms with van der Waals surface area (Å²) in [5.41, 5.74) is 0. The fourth-order valence-electron chi connectivity index (χ4n) is 4.47. The molecule has 0 rings (SSSR count). The Bertz CT molecular complexity index is 825. The van der Waals surface area contributed by atoms with Gasteiger partial charge in [0, 0.05) is 6.42 Å². The smallest absolute Gasteiger partial charge is 0.268 e. The highest BCUT2D eigenvalue weighted by atomic mass is 31.2. The van der Waals surface area contributed by atoms with Gasteiger partial charge in [0.2, 0.25) is 5.91 Å². The van der Waals surface area contributed by atoms with Crippen molar-refractivity contribution < 1.29 is 32.9 Å². The molecule has 0 aromatic carbocycles. The third kappa shape index (κ3) is 29.4. The Kier molecular flexibility index (Phi) is 27.2. The molecular weight excluding hydrogens is 575 g/mol. The summed E-state index contributed by atoms with van der Waals surface area (Å²) in [5, 5.41) is 13.6.